The number of aliphatic hydroxyl groups is 1. The van der Waals surface area contributed by atoms with E-state index in [1.165, 1.54) is 0 Å². The Morgan fingerprint density at radius 2 is 1.98 bits per heavy atom. The number of alkyl halides is 3. The lowest BCUT2D eigenvalue weighted by Gasteiger charge is -2.27. The second-order valence-electron chi connectivity index (χ2n) is 10.3. The summed E-state index contributed by atoms with van der Waals surface area (Å²) in [6, 6.07) is 6.96. The molecule has 222 valence electrons. The van der Waals surface area contributed by atoms with Crippen molar-refractivity contribution in [1.29, 1.82) is 0 Å². The number of rotatable bonds is 7. The monoisotopic (exact) mass is 569 g/mol. The van der Waals surface area contributed by atoms with Gasteiger partial charge in [0.1, 0.15) is 5.82 Å². The third kappa shape index (κ3) is 10.0. The molecule has 1 aliphatic heterocycles. The van der Waals surface area contributed by atoms with Gasteiger partial charge in [-0.1, -0.05) is 6.92 Å². The minimum Gasteiger partial charge on any atom is -0.390 e. The highest BCUT2D eigenvalue weighted by Gasteiger charge is 2.31. The minimum absolute atomic E-state index is 0.0691. The number of benzene rings is 2. The van der Waals surface area contributed by atoms with Crippen LogP contribution >= 0.6 is 0 Å². The molecule has 0 spiro atoms. The summed E-state index contributed by atoms with van der Waals surface area (Å²) < 4.78 is 64.3. The number of nitrogens with one attached hydrogen (secondary N) is 3. The Balaban J connectivity index is 1.75. The second kappa shape index (κ2) is 15.3. The van der Waals surface area contributed by atoms with Gasteiger partial charge in [0, 0.05) is 56.8 Å². The maximum Gasteiger partial charge on any atom is 0.416 e. The number of ether oxygens (including phenoxy) is 2. The fourth-order valence-corrected chi connectivity index (χ4v) is 4.62. The van der Waals surface area contributed by atoms with Crippen molar-refractivity contribution in [1.82, 2.24) is 10.6 Å². The SMILES string of the molecule is COCc1cc2cc(c1)C(=O)N[C@H]([C@H](O)CNCc1cc(C(F)(F)F)ccc1F)C[C@H](C)CCOCCCCN2. The smallest absolute Gasteiger partial charge is 0.390 e. The van der Waals surface area contributed by atoms with Gasteiger partial charge in [0.2, 0.25) is 0 Å². The van der Waals surface area contributed by atoms with Crippen LogP contribution in [-0.2, 0) is 28.8 Å². The molecule has 0 unspecified atom stereocenters. The molecule has 3 atom stereocenters. The largest absolute Gasteiger partial charge is 0.416 e. The summed E-state index contributed by atoms with van der Waals surface area (Å²) in [6.07, 6.45) is -2.69. The number of hydrogen-bond acceptors (Lipinski definition) is 6. The highest BCUT2D eigenvalue weighted by Crippen LogP contribution is 2.30. The maximum atomic E-state index is 14.1. The molecular formula is C29H39F4N3O4. The van der Waals surface area contributed by atoms with Crippen molar-refractivity contribution in [2.75, 3.05) is 38.7 Å². The van der Waals surface area contributed by atoms with E-state index in [1.54, 1.807) is 19.2 Å². The Morgan fingerprint density at radius 3 is 2.73 bits per heavy atom. The van der Waals surface area contributed by atoms with Gasteiger partial charge >= 0.3 is 6.18 Å². The molecule has 0 aromatic heterocycles. The van der Waals surface area contributed by atoms with Crippen LogP contribution in [0.25, 0.3) is 0 Å². The van der Waals surface area contributed by atoms with Gasteiger partial charge in [-0.15, -0.1) is 0 Å². The van der Waals surface area contributed by atoms with Crippen LogP contribution < -0.4 is 16.0 Å². The number of anilines is 1. The van der Waals surface area contributed by atoms with Crippen molar-refractivity contribution >= 4 is 11.6 Å². The number of carbonyl (C=O) groups is 1. The molecule has 2 bridgehead atoms. The first-order chi connectivity index (χ1) is 19.1. The highest BCUT2D eigenvalue weighted by atomic mass is 19.4. The van der Waals surface area contributed by atoms with Gasteiger partial charge in [0.15, 0.2) is 0 Å². The van der Waals surface area contributed by atoms with Crippen molar-refractivity contribution < 1.29 is 36.9 Å². The highest BCUT2D eigenvalue weighted by molar-refractivity contribution is 5.95. The van der Waals surface area contributed by atoms with E-state index in [0.29, 0.717) is 37.9 Å². The van der Waals surface area contributed by atoms with Crippen molar-refractivity contribution in [3.8, 4) is 0 Å². The fourth-order valence-electron chi connectivity index (χ4n) is 4.62. The number of methoxy groups -OCH3 is 1. The van der Waals surface area contributed by atoms with E-state index in [9.17, 15) is 27.5 Å². The van der Waals surface area contributed by atoms with Crippen LogP contribution in [0.2, 0.25) is 0 Å². The van der Waals surface area contributed by atoms with Crippen LogP contribution in [0.3, 0.4) is 0 Å². The number of halogens is 4. The lowest BCUT2D eigenvalue weighted by molar-refractivity contribution is -0.137. The van der Waals surface area contributed by atoms with Gasteiger partial charge in [0.05, 0.1) is 24.3 Å². The van der Waals surface area contributed by atoms with Gasteiger partial charge < -0.3 is 30.5 Å². The van der Waals surface area contributed by atoms with Gasteiger partial charge in [-0.05, 0) is 73.6 Å². The molecule has 1 heterocycles. The van der Waals surface area contributed by atoms with Crippen LogP contribution in [0.1, 0.15) is 59.7 Å². The lowest BCUT2D eigenvalue weighted by Crippen LogP contribution is -2.48. The molecule has 2 aromatic carbocycles. The predicted octanol–water partition coefficient (Wildman–Crippen LogP) is 4.88. The molecule has 3 rings (SSSR count). The van der Waals surface area contributed by atoms with Crippen molar-refractivity contribution in [3.05, 3.63) is 64.5 Å². The molecule has 0 aliphatic carbocycles. The topological polar surface area (TPSA) is 91.9 Å². The molecule has 7 nitrogen and oxygen atoms in total. The molecule has 2 aromatic rings. The zero-order valence-corrected chi connectivity index (χ0v) is 23.0. The van der Waals surface area contributed by atoms with E-state index in [-0.39, 0.29) is 30.5 Å². The van der Waals surface area contributed by atoms with Crippen molar-refractivity contribution in [2.24, 2.45) is 5.92 Å². The van der Waals surface area contributed by atoms with E-state index in [4.69, 9.17) is 9.47 Å². The average Bonchev–Trinajstić information content (AvgIpc) is 2.89. The molecule has 0 radical (unpaired) electrons. The fraction of sp³-hybridized carbons (Fsp3) is 0.552. The number of carbonyl (C=O) groups excluding carboxylic acids is 1. The summed E-state index contributed by atoms with van der Waals surface area (Å²) in [5, 5.41) is 20.1. The Bertz CT molecular complexity index is 1100. The molecule has 40 heavy (non-hydrogen) atoms. The predicted molar refractivity (Wildman–Crippen MR) is 144 cm³/mol. The minimum atomic E-state index is -4.59. The number of aliphatic hydroxyl groups excluding tert-OH is 1. The maximum absolute atomic E-state index is 14.1. The van der Waals surface area contributed by atoms with Crippen LogP contribution in [0, 0.1) is 11.7 Å². The summed E-state index contributed by atoms with van der Waals surface area (Å²) in [7, 11) is 1.57. The van der Waals surface area contributed by atoms with E-state index >= 15 is 0 Å². The van der Waals surface area contributed by atoms with E-state index in [1.807, 2.05) is 13.0 Å². The molecule has 11 heteroatoms. The summed E-state index contributed by atoms with van der Waals surface area (Å²) >= 11 is 0. The van der Waals surface area contributed by atoms with Crippen LogP contribution in [0.4, 0.5) is 23.2 Å². The van der Waals surface area contributed by atoms with Gasteiger partial charge in [-0.3, -0.25) is 4.79 Å². The molecule has 0 saturated carbocycles. The normalized spacial score (nSPS) is 20.4. The molecule has 1 aliphatic rings. The zero-order valence-electron chi connectivity index (χ0n) is 23.0. The van der Waals surface area contributed by atoms with Crippen LogP contribution in [0.15, 0.2) is 36.4 Å². The zero-order chi connectivity index (χ0) is 29.1. The first-order valence-corrected chi connectivity index (χ1v) is 13.6. The average molecular weight is 570 g/mol. The summed E-state index contributed by atoms with van der Waals surface area (Å²) in [4.78, 5) is 13.3. The summed E-state index contributed by atoms with van der Waals surface area (Å²) in [6.45, 7) is 3.95. The Labute approximate surface area is 232 Å². The molecular weight excluding hydrogens is 530 g/mol. The van der Waals surface area contributed by atoms with E-state index < -0.39 is 29.7 Å². The molecule has 1 amide bonds. The number of hydrogen-bond donors (Lipinski definition) is 4. The van der Waals surface area contributed by atoms with E-state index in [2.05, 4.69) is 16.0 Å². The quantitative estimate of drug-likeness (QED) is 0.356. The van der Waals surface area contributed by atoms with Gasteiger partial charge in [-0.2, -0.15) is 13.2 Å². The van der Waals surface area contributed by atoms with Crippen molar-refractivity contribution in [2.45, 2.75) is 64.1 Å². The molecule has 4 N–H and O–H groups in total. The first kappa shape index (κ1) is 31.8. The van der Waals surface area contributed by atoms with Crippen molar-refractivity contribution in [3.63, 3.8) is 0 Å². The Hall–Kier alpha value is -2.73. The Morgan fingerprint density at radius 1 is 1.18 bits per heavy atom. The third-order valence-corrected chi connectivity index (χ3v) is 6.84. The van der Waals surface area contributed by atoms with Gasteiger partial charge in [-0.25, -0.2) is 4.39 Å². The van der Waals surface area contributed by atoms with Gasteiger partial charge in [0.25, 0.3) is 5.91 Å². The number of amides is 1. The van der Waals surface area contributed by atoms with E-state index in [0.717, 1.165) is 49.2 Å². The standard InChI is InChI=1S/C29H39F4N3O4/c1-19-7-10-40-9-4-3-8-35-24-13-20(18-39-2)12-21(15-24)28(38)36-26(11-19)27(37)17-34-16-22-14-23(29(31,32)33)5-6-25(22)30/h5-6,12-15,19,26-27,34-35,37H,3-4,7-11,16-18H2,1-2H3,(H,36,38)/t19-,26+,27-/m1/s1. The molecule has 0 saturated heterocycles. The van der Waals surface area contributed by atoms with Crippen LogP contribution in [-0.4, -0.2) is 56.6 Å². The Kier molecular flexibility index (Phi) is 12.2. The summed E-state index contributed by atoms with van der Waals surface area (Å²) in [5.41, 5.74) is 0.901. The summed E-state index contributed by atoms with van der Waals surface area (Å²) in [5.74, 6) is -1.04. The molecule has 0 fully saturated rings. The van der Waals surface area contributed by atoms with Crippen LogP contribution in [0.5, 0.6) is 0 Å². The number of fused-ring (bicyclic) bond motifs is 2. The third-order valence-electron chi connectivity index (χ3n) is 6.84. The second-order valence-corrected chi connectivity index (χ2v) is 10.3. The first-order valence-electron chi connectivity index (χ1n) is 13.6. The lowest BCUT2D eigenvalue weighted by atomic mass is 9.94.